The molecule has 4 rings (SSSR count). The molecule has 0 aliphatic carbocycles. The fraction of sp³-hybridized carbons (Fsp3) is 0.371. The van der Waals surface area contributed by atoms with E-state index in [4.69, 9.17) is 9.73 Å². The third kappa shape index (κ3) is 8.76. The van der Waals surface area contributed by atoms with Gasteiger partial charge in [0.05, 0.1) is 23.5 Å². The van der Waals surface area contributed by atoms with E-state index in [-0.39, 0.29) is 11.9 Å². The number of aliphatic imine (C=N–C) groups is 1. The minimum atomic E-state index is -1.32. The van der Waals surface area contributed by atoms with Crippen LogP contribution < -0.4 is 10.6 Å². The predicted octanol–water partition coefficient (Wildman–Crippen LogP) is 5.88. The van der Waals surface area contributed by atoms with Gasteiger partial charge in [0.25, 0.3) is 0 Å². The van der Waals surface area contributed by atoms with E-state index >= 15 is 0 Å². The molecule has 1 aliphatic heterocycles. The Hall–Kier alpha value is -4.50. The van der Waals surface area contributed by atoms with E-state index in [1.807, 2.05) is 66.7 Å². The van der Waals surface area contributed by atoms with Crippen molar-refractivity contribution in [1.82, 2.24) is 10.2 Å². The second-order valence-corrected chi connectivity index (χ2v) is 11.9. The summed E-state index contributed by atoms with van der Waals surface area (Å²) < 4.78 is 5.39. The van der Waals surface area contributed by atoms with Crippen LogP contribution in [0.1, 0.15) is 63.6 Å². The van der Waals surface area contributed by atoms with Crippen LogP contribution in [0.25, 0.3) is 0 Å². The average Bonchev–Trinajstić information content (AvgIpc) is 3.45. The molecule has 1 aliphatic rings. The van der Waals surface area contributed by atoms with Crippen molar-refractivity contribution in [2.75, 3.05) is 11.9 Å². The molecule has 232 valence electrons. The number of anilines is 1. The molecule has 1 saturated heterocycles. The number of benzene rings is 3. The van der Waals surface area contributed by atoms with Gasteiger partial charge < -0.3 is 20.5 Å². The van der Waals surface area contributed by atoms with Gasteiger partial charge in [-0.15, -0.1) is 0 Å². The van der Waals surface area contributed by atoms with Gasteiger partial charge in [0.1, 0.15) is 5.60 Å². The Morgan fingerprint density at radius 2 is 1.61 bits per heavy atom. The van der Waals surface area contributed by atoms with Gasteiger partial charge in [-0.3, -0.25) is 14.7 Å². The monoisotopic (exact) mass is 598 g/mol. The maximum absolute atomic E-state index is 13.7. The molecule has 3 aromatic carbocycles. The van der Waals surface area contributed by atoms with Crippen molar-refractivity contribution < 1.29 is 24.2 Å². The maximum atomic E-state index is 13.7. The largest absolute Gasteiger partial charge is 0.480 e. The lowest BCUT2D eigenvalue weighted by Crippen LogP contribution is -2.47. The molecular weight excluding hydrogens is 556 g/mol. The molecule has 0 bridgehead atoms. The van der Waals surface area contributed by atoms with Gasteiger partial charge >= 0.3 is 12.1 Å². The van der Waals surface area contributed by atoms with E-state index in [9.17, 15) is 19.5 Å². The molecule has 1 heterocycles. The first-order chi connectivity index (χ1) is 21.1. The van der Waals surface area contributed by atoms with Crippen LogP contribution in [-0.4, -0.2) is 64.0 Å². The second kappa shape index (κ2) is 14.8. The lowest BCUT2D eigenvalue weighted by atomic mass is 9.98. The zero-order valence-corrected chi connectivity index (χ0v) is 25.8. The molecule has 9 heteroatoms. The third-order valence-electron chi connectivity index (χ3n) is 7.43. The number of nitrogens with zero attached hydrogens (tertiary/aromatic N) is 2. The van der Waals surface area contributed by atoms with Crippen LogP contribution in [0.2, 0.25) is 0 Å². The van der Waals surface area contributed by atoms with Crippen molar-refractivity contribution in [3.63, 3.8) is 0 Å². The van der Waals surface area contributed by atoms with Gasteiger partial charge in [-0.1, -0.05) is 85.8 Å². The SMILES string of the molecule is CC[C@@H](NC(=O)OC(C)(C)C)[C@H](N=C(c1ccccc1)c1ccccc1NC(=O)[C@@H]1CCCN1Cc1ccccc1)C(=O)O. The molecule has 9 nitrogen and oxygen atoms in total. The van der Waals surface area contributed by atoms with E-state index < -0.39 is 29.7 Å². The molecule has 0 saturated carbocycles. The minimum Gasteiger partial charge on any atom is -0.480 e. The fourth-order valence-electron chi connectivity index (χ4n) is 5.36. The number of carbonyl (C=O) groups excluding carboxylic acids is 2. The molecule has 2 amide bonds. The lowest BCUT2D eigenvalue weighted by molar-refractivity contribution is -0.139. The number of aliphatic carboxylic acids is 1. The van der Waals surface area contributed by atoms with Crippen LogP contribution in [0.5, 0.6) is 0 Å². The second-order valence-electron chi connectivity index (χ2n) is 11.9. The van der Waals surface area contributed by atoms with Crippen LogP contribution in [0.4, 0.5) is 10.5 Å². The fourth-order valence-corrected chi connectivity index (χ4v) is 5.36. The highest BCUT2D eigenvalue weighted by Gasteiger charge is 2.33. The van der Waals surface area contributed by atoms with Gasteiger partial charge in [0.2, 0.25) is 5.91 Å². The minimum absolute atomic E-state index is 0.119. The summed E-state index contributed by atoms with van der Waals surface area (Å²) in [5.41, 5.74) is 2.59. The number of amides is 2. The third-order valence-corrected chi connectivity index (χ3v) is 7.43. The normalized spacial score (nSPS) is 17.0. The highest BCUT2D eigenvalue weighted by atomic mass is 16.6. The molecule has 0 unspecified atom stereocenters. The first kappa shape index (κ1) is 32.4. The number of carboxylic acids is 1. The molecule has 3 aromatic rings. The standard InChI is InChI=1S/C35H42N4O5/c1-5-27(37-34(43)44-35(2,3)4)31(33(41)42)38-30(25-17-10-7-11-18-25)26-19-12-13-20-28(26)36-32(40)29-21-14-22-39(29)23-24-15-8-6-9-16-24/h6-13,15-20,27,29,31H,5,14,21-23H2,1-4H3,(H,36,40)(H,37,43)(H,41,42)/t27-,29+,31+/m1/s1. The van der Waals surface area contributed by atoms with Crippen LogP contribution in [0, 0.1) is 0 Å². The average molecular weight is 599 g/mol. The Morgan fingerprint density at radius 3 is 2.25 bits per heavy atom. The smallest absolute Gasteiger partial charge is 0.407 e. The number of carboxylic acid groups (broad SMARTS) is 1. The van der Waals surface area contributed by atoms with Crippen LogP contribution >= 0.6 is 0 Å². The summed E-state index contributed by atoms with van der Waals surface area (Å²) in [6, 6.07) is 24.2. The molecule has 0 aromatic heterocycles. The molecular formula is C35H42N4O5. The molecule has 3 N–H and O–H groups in total. The van der Waals surface area contributed by atoms with E-state index in [0.717, 1.165) is 24.9 Å². The van der Waals surface area contributed by atoms with Gasteiger partial charge in [0.15, 0.2) is 6.04 Å². The van der Waals surface area contributed by atoms with Crippen molar-refractivity contribution in [1.29, 1.82) is 0 Å². The number of hydrogen-bond acceptors (Lipinski definition) is 6. The number of nitrogens with one attached hydrogen (secondary N) is 2. The quantitative estimate of drug-likeness (QED) is 0.237. The Kier molecular flexibility index (Phi) is 10.9. The van der Waals surface area contributed by atoms with Gasteiger partial charge in [-0.25, -0.2) is 9.59 Å². The Balaban J connectivity index is 1.67. The summed E-state index contributed by atoms with van der Waals surface area (Å²) in [6.07, 6.45) is 1.26. The molecule has 0 spiro atoms. The van der Waals surface area contributed by atoms with Gasteiger partial charge in [0, 0.05) is 17.7 Å². The van der Waals surface area contributed by atoms with Crippen LogP contribution in [0.3, 0.4) is 0 Å². The molecule has 3 atom stereocenters. The number of para-hydroxylation sites is 1. The van der Waals surface area contributed by atoms with Crippen molar-refractivity contribution in [3.05, 3.63) is 102 Å². The predicted molar refractivity (Wildman–Crippen MR) is 172 cm³/mol. The van der Waals surface area contributed by atoms with Crippen molar-refractivity contribution in [2.24, 2.45) is 4.99 Å². The lowest BCUT2D eigenvalue weighted by Gasteiger charge is -2.26. The highest BCUT2D eigenvalue weighted by Crippen LogP contribution is 2.25. The summed E-state index contributed by atoms with van der Waals surface area (Å²) >= 11 is 0. The molecule has 1 fully saturated rings. The first-order valence-electron chi connectivity index (χ1n) is 15.1. The van der Waals surface area contributed by atoms with Crippen LogP contribution in [-0.2, 0) is 20.9 Å². The summed E-state index contributed by atoms with van der Waals surface area (Å²) in [5.74, 6) is -1.31. The van der Waals surface area contributed by atoms with Crippen molar-refractivity contribution >= 4 is 29.4 Å². The van der Waals surface area contributed by atoms with E-state index in [1.165, 1.54) is 0 Å². The van der Waals surface area contributed by atoms with Crippen molar-refractivity contribution in [3.8, 4) is 0 Å². The number of alkyl carbamates (subject to hydrolysis) is 1. The highest BCUT2D eigenvalue weighted by molar-refractivity contribution is 6.17. The maximum Gasteiger partial charge on any atom is 0.407 e. The van der Waals surface area contributed by atoms with E-state index in [0.29, 0.717) is 35.5 Å². The van der Waals surface area contributed by atoms with Gasteiger partial charge in [-0.2, -0.15) is 0 Å². The topological polar surface area (TPSA) is 120 Å². The zero-order chi connectivity index (χ0) is 31.7. The van der Waals surface area contributed by atoms with Crippen LogP contribution in [0.15, 0.2) is 89.9 Å². The van der Waals surface area contributed by atoms with Crippen molar-refractivity contribution in [2.45, 2.75) is 77.2 Å². The number of carbonyl (C=O) groups is 3. The number of hydrogen-bond donors (Lipinski definition) is 3. The summed E-state index contributed by atoms with van der Waals surface area (Å²) in [5, 5.41) is 16.1. The summed E-state index contributed by atoms with van der Waals surface area (Å²) in [4.78, 5) is 45.9. The Morgan fingerprint density at radius 1 is 0.977 bits per heavy atom. The number of rotatable bonds is 11. The summed E-state index contributed by atoms with van der Waals surface area (Å²) in [7, 11) is 0. The van der Waals surface area contributed by atoms with E-state index in [2.05, 4.69) is 27.7 Å². The number of ether oxygens (including phenoxy) is 1. The number of likely N-dealkylation sites (tertiary alicyclic amines) is 1. The summed E-state index contributed by atoms with van der Waals surface area (Å²) in [6.45, 7) is 8.52. The zero-order valence-electron chi connectivity index (χ0n) is 25.8. The first-order valence-corrected chi connectivity index (χ1v) is 15.1. The van der Waals surface area contributed by atoms with E-state index in [1.54, 1.807) is 33.8 Å². The Bertz CT molecular complexity index is 1450. The Labute approximate surface area is 259 Å². The molecule has 0 radical (unpaired) electrons. The molecule has 44 heavy (non-hydrogen) atoms. The van der Waals surface area contributed by atoms with Gasteiger partial charge in [-0.05, 0) is 58.2 Å².